The van der Waals surface area contributed by atoms with Gasteiger partial charge >= 0.3 is 0 Å². The van der Waals surface area contributed by atoms with Crippen LogP contribution >= 0.6 is 11.3 Å². The molecule has 1 aromatic carbocycles. The Kier molecular flexibility index (Phi) is 3.77. The van der Waals surface area contributed by atoms with Gasteiger partial charge in [0.1, 0.15) is 10.7 Å². The fourth-order valence-electron chi connectivity index (χ4n) is 4.68. The summed E-state index contributed by atoms with van der Waals surface area (Å²) in [6, 6.07) is 9.54. The minimum absolute atomic E-state index is 0.503. The Bertz CT molecular complexity index is 1170. The molecular weight excluding hydrogens is 366 g/mol. The van der Waals surface area contributed by atoms with Gasteiger partial charge in [-0.2, -0.15) is 5.10 Å². The number of nitrogens with zero attached hydrogens (tertiary/aromatic N) is 4. The zero-order valence-electron chi connectivity index (χ0n) is 15.9. The summed E-state index contributed by atoms with van der Waals surface area (Å²) >= 11 is 1.71. The number of thiophene rings is 1. The number of hydrogen-bond acceptors (Lipinski definition) is 5. The second-order valence-electron chi connectivity index (χ2n) is 8.15. The van der Waals surface area contributed by atoms with Crippen LogP contribution in [0.15, 0.2) is 35.8 Å². The van der Waals surface area contributed by atoms with E-state index in [0.717, 1.165) is 42.1 Å². The lowest BCUT2D eigenvalue weighted by Gasteiger charge is -2.22. The zero-order valence-corrected chi connectivity index (χ0v) is 16.7. The molecule has 0 radical (unpaired) electrons. The van der Waals surface area contributed by atoms with Crippen LogP contribution in [0.3, 0.4) is 0 Å². The van der Waals surface area contributed by atoms with Gasteiger partial charge in [-0.15, -0.1) is 11.3 Å². The molecule has 2 unspecified atom stereocenters. The Morgan fingerprint density at radius 1 is 1.11 bits per heavy atom. The third-order valence-electron chi connectivity index (χ3n) is 6.27. The highest BCUT2D eigenvalue weighted by molar-refractivity contribution is 7.16. The number of fused-ring (bicyclic) bond motifs is 2. The van der Waals surface area contributed by atoms with E-state index < -0.39 is 0 Å². The van der Waals surface area contributed by atoms with Crippen LogP contribution in [0.2, 0.25) is 0 Å². The van der Waals surface area contributed by atoms with Gasteiger partial charge in [0.05, 0.1) is 17.3 Å². The minimum Gasteiger partial charge on any atom is -0.317 e. The highest BCUT2D eigenvalue weighted by Gasteiger charge is 2.42. The largest absolute Gasteiger partial charge is 0.317 e. The number of aryl methyl sites for hydroxylation is 1. The number of piperidine rings is 1. The monoisotopic (exact) mass is 389 g/mol. The molecule has 5 nitrogen and oxygen atoms in total. The van der Waals surface area contributed by atoms with Gasteiger partial charge in [0.15, 0.2) is 0 Å². The van der Waals surface area contributed by atoms with Crippen LogP contribution in [0.1, 0.15) is 54.2 Å². The predicted molar refractivity (Wildman–Crippen MR) is 113 cm³/mol. The number of rotatable bonds is 3. The smallest absolute Gasteiger partial charge is 0.127 e. The summed E-state index contributed by atoms with van der Waals surface area (Å²) < 4.78 is 2.20. The molecule has 0 spiro atoms. The van der Waals surface area contributed by atoms with Crippen LogP contribution < -0.4 is 5.32 Å². The van der Waals surface area contributed by atoms with Crippen molar-refractivity contribution in [2.45, 2.75) is 44.1 Å². The molecule has 0 bridgehead atoms. The lowest BCUT2D eigenvalue weighted by atomic mass is 10.1. The van der Waals surface area contributed by atoms with Gasteiger partial charge in [-0.3, -0.25) is 4.68 Å². The second kappa shape index (κ2) is 6.36. The molecule has 2 fully saturated rings. The molecule has 142 valence electrons. The van der Waals surface area contributed by atoms with E-state index in [0.29, 0.717) is 17.9 Å². The van der Waals surface area contributed by atoms with Crippen molar-refractivity contribution in [1.82, 2.24) is 25.1 Å². The van der Waals surface area contributed by atoms with Crippen molar-refractivity contribution in [3.05, 3.63) is 52.9 Å². The molecular formula is C22H23N5S. The Hall–Kier alpha value is -2.31. The molecule has 1 saturated heterocycles. The summed E-state index contributed by atoms with van der Waals surface area (Å²) in [6.07, 6.45) is 5.72. The van der Waals surface area contributed by atoms with Crippen LogP contribution in [0, 0.1) is 6.92 Å². The van der Waals surface area contributed by atoms with Crippen molar-refractivity contribution in [2.24, 2.45) is 0 Å². The molecule has 4 heterocycles. The maximum Gasteiger partial charge on any atom is 0.127 e. The molecule has 1 N–H and O–H groups in total. The van der Waals surface area contributed by atoms with E-state index in [1.54, 1.807) is 11.3 Å². The molecule has 2 aliphatic rings. The normalized spacial score (nSPS) is 22.9. The van der Waals surface area contributed by atoms with E-state index in [-0.39, 0.29) is 0 Å². The lowest BCUT2D eigenvalue weighted by molar-refractivity contribution is 0.345. The molecule has 6 rings (SSSR count). The van der Waals surface area contributed by atoms with Crippen molar-refractivity contribution in [3.8, 4) is 0 Å². The van der Waals surface area contributed by atoms with Gasteiger partial charge in [0, 0.05) is 22.9 Å². The van der Waals surface area contributed by atoms with Crippen LogP contribution in [0.4, 0.5) is 0 Å². The van der Waals surface area contributed by atoms with Crippen molar-refractivity contribution in [2.75, 3.05) is 13.1 Å². The predicted octanol–water partition coefficient (Wildman–Crippen LogP) is 4.55. The first-order valence-electron chi connectivity index (χ1n) is 10.2. The highest BCUT2D eigenvalue weighted by atomic mass is 32.1. The van der Waals surface area contributed by atoms with Crippen molar-refractivity contribution in [3.63, 3.8) is 0 Å². The quantitative estimate of drug-likeness (QED) is 0.559. The van der Waals surface area contributed by atoms with Crippen LogP contribution in [0.25, 0.3) is 21.1 Å². The van der Waals surface area contributed by atoms with Crippen molar-refractivity contribution in [1.29, 1.82) is 0 Å². The standard InChI is InChI=1S/C22H23N5S/c1-13-24-21(17-6-9-28-22(17)25-13)19-11-18(19)14-2-3-15-12-27(26-20(15)10-14)16-4-7-23-8-5-16/h2-3,6,9-10,12,16,18-19,23H,4-5,7-8,11H2,1H3. The van der Waals surface area contributed by atoms with Crippen LogP contribution in [-0.4, -0.2) is 32.8 Å². The van der Waals surface area contributed by atoms with Gasteiger partial charge in [0.2, 0.25) is 0 Å². The summed E-state index contributed by atoms with van der Waals surface area (Å²) in [5.41, 5.74) is 3.75. The summed E-state index contributed by atoms with van der Waals surface area (Å²) in [5, 5.41) is 13.0. The fourth-order valence-corrected chi connectivity index (χ4v) is 5.50. The summed E-state index contributed by atoms with van der Waals surface area (Å²) in [5.74, 6) is 1.93. The Labute approximate surface area is 167 Å². The topological polar surface area (TPSA) is 55.6 Å². The average Bonchev–Trinajstić information content (AvgIpc) is 3.17. The third kappa shape index (κ3) is 2.74. The van der Waals surface area contributed by atoms with Crippen molar-refractivity contribution >= 4 is 32.5 Å². The van der Waals surface area contributed by atoms with Gasteiger partial charge in [-0.05, 0) is 68.3 Å². The van der Waals surface area contributed by atoms with Crippen molar-refractivity contribution < 1.29 is 0 Å². The first-order valence-corrected chi connectivity index (χ1v) is 11.1. The molecule has 1 aliphatic heterocycles. The van der Waals surface area contributed by atoms with E-state index in [2.05, 4.69) is 50.8 Å². The van der Waals surface area contributed by atoms with Gasteiger partial charge in [-0.1, -0.05) is 12.1 Å². The Morgan fingerprint density at radius 3 is 2.89 bits per heavy atom. The first-order chi connectivity index (χ1) is 13.8. The molecule has 3 aromatic heterocycles. The lowest BCUT2D eigenvalue weighted by Crippen LogP contribution is -2.29. The SMILES string of the molecule is Cc1nc(C2CC2c2ccc3cn(C4CCNCC4)nc3c2)c2ccsc2n1. The molecule has 2 atom stereocenters. The molecule has 1 aliphatic carbocycles. The third-order valence-corrected chi connectivity index (χ3v) is 7.07. The van der Waals surface area contributed by atoms with Gasteiger partial charge < -0.3 is 5.32 Å². The molecule has 4 aromatic rings. The first kappa shape index (κ1) is 16.6. The van der Waals surface area contributed by atoms with E-state index in [1.165, 1.54) is 28.5 Å². The second-order valence-corrected chi connectivity index (χ2v) is 9.05. The Balaban J connectivity index is 1.31. The number of benzene rings is 1. The van der Waals surface area contributed by atoms with Gasteiger partial charge in [0.25, 0.3) is 0 Å². The molecule has 6 heteroatoms. The van der Waals surface area contributed by atoms with E-state index >= 15 is 0 Å². The Morgan fingerprint density at radius 2 is 2.00 bits per heavy atom. The van der Waals surface area contributed by atoms with Gasteiger partial charge in [-0.25, -0.2) is 9.97 Å². The maximum atomic E-state index is 4.93. The zero-order chi connectivity index (χ0) is 18.7. The summed E-state index contributed by atoms with van der Waals surface area (Å²) in [7, 11) is 0. The molecule has 28 heavy (non-hydrogen) atoms. The number of nitrogens with one attached hydrogen (secondary N) is 1. The van der Waals surface area contributed by atoms with Crippen LogP contribution in [0.5, 0.6) is 0 Å². The highest BCUT2D eigenvalue weighted by Crippen LogP contribution is 2.55. The summed E-state index contributed by atoms with van der Waals surface area (Å²) in [6.45, 7) is 4.18. The number of aromatic nitrogens is 4. The van der Waals surface area contributed by atoms with Crippen LogP contribution in [-0.2, 0) is 0 Å². The minimum atomic E-state index is 0.503. The average molecular weight is 390 g/mol. The number of hydrogen-bond donors (Lipinski definition) is 1. The fraction of sp³-hybridized carbons (Fsp3) is 0.409. The van der Waals surface area contributed by atoms with E-state index in [4.69, 9.17) is 10.1 Å². The molecule has 0 amide bonds. The van der Waals surface area contributed by atoms with E-state index in [1.807, 2.05) is 6.92 Å². The molecule has 1 saturated carbocycles. The summed E-state index contributed by atoms with van der Waals surface area (Å²) in [4.78, 5) is 10.5. The maximum absolute atomic E-state index is 4.93. The van der Waals surface area contributed by atoms with E-state index in [9.17, 15) is 0 Å².